The summed E-state index contributed by atoms with van der Waals surface area (Å²) in [6, 6.07) is 3.31. The molecule has 0 radical (unpaired) electrons. The van der Waals surface area contributed by atoms with Crippen LogP contribution in [0.5, 0.6) is 0 Å². The Bertz CT molecular complexity index is 433. The smallest absolute Gasteiger partial charge is 0.211 e. The molecule has 0 aliphatic heterocycles. The van der Waals surface area contributed by atoms with Crippen molar-refractivity contribution in [2.45, 2.75) is 0 Å². The SMILES string of the molecule is NC(N)=NN=Cc1ccc(C=NN=C(N)N)o1. The van der Waals surface area contributed by atoms with Gasteiger partial charge in [0.15, 0.2) is 0 Å². The average molecular weight is 236 g/mol. The van der Waals surface area contributed by atoms with Crippen LogP contribution < -0.4 is 22.9 Å². The van der Waals surface area contributed by atoms with Crippen LogP contribution in [0, 0.1) is 0 Å². The summed E-state index contributed by atoms with van der Waals surface area (Å²) in [5, 5.41) is 14.0. The van der Waals surface area contributed by atoms with Gasteiger partial charge in [-0.3, -0.25) is 0 Å². The van der Waals surface area contributed by atoms with E-state index in [2.05, 4.69) is 20.4 Å². The van der Waals surface area contributed by atoms with E-state index < -0.39 is 0 Å². The first kappa shape index (κ1) is 12.2. The molecule has 1 rings (SSSR count). The molecule has 0 bridgehead atoms. The minimum Gasteiger partial charge on any atom is -0.454 e. The van der Waals surface area contributed by atoms with Crippen LogP contribution >= 0.6 is 0 Å². The van der Waals surface area contributed by atoms with E-state index in [9.17, 15) is 0 Å². The molecule has 0 aliphatic carbocycles. The van der Waals surface area contributed by atoms with Gasteiger partial charge in [0.25, 0.3) is 0 Å². The fourth-order valence-electron chi connectivity index (χ4n) is 0.812. The van der Waals surface area contributed by atoms with Crippen LogP contribution in [-0.4, -0.2) is 24.3 Å². The van der Waals surface area contributed by atoms with Crippen molar-refractivity contribution in [2.24, 2.45) is 43.3 Å². The number of nitrogens with zero attached hydrogens (tertiary/aromatic N) is 4. The Morgan fingerprint density at radius 3 is 1.65 bits per heavy atom. The van der Waals surface area contributed by atoms with E-state index in [1.165, 1.54) is 12.4 Å². The molecule has 1 aromatic rings. The monoisotopic (exact) mass is 236 g/mol. The quantitative estimate of drug-likeness (QED) is 0.283. The Morgan fingerprint density at radius 2 is 1.29 bits per heavy atom. The summed E-state index contributed by atoms with van der Waals surface area (Å²) in [4.78, 5) is 0. The molecular formula is C8H12N8O. The van der Waals surface area contributed by atoms with Gasteiger partial charge in [-0.25, -0.2) is 0 Å². The summed E-state index contributed by atoms with van der Waals surface area (Å²) < 4.78 is 5.25. The van der Waals surface area contributed by atoms with Gasteiger partial charge in [-0.05, 0) is 12.1 Å². The molecule has 0 atom stereocenters. The molecule has 0 saturated carbocycles. The van der Waals surface area contributed by atoms with Crippen molar-refractivity contribution < 1.29 is 4.42 Å². The largest absolute Gasteiger partial charge is 0.454 e. The lowest BCUT2D eigenvalue weighted by Crippen LogP contribution is -2.21. The third-order valence-corrected chi connectivity index (χ3v) is 1.36. The zero-order valence-electron chi connectivity index (χ0n) is 8.82. The topological polar surface area (TPSA) is 167 Å². The van der Waals surface area contributed by atoms with Gasteiger partial charge < -0.3 is 27.4 Å². The molecule has 1 aromatic heterocycles. The third-order valence-electron chi connectivity index (χ3n) is 1.36. The molecule has 9 heteroatoms. The van der Waals surface area contributed by atoms with Gasteiger partial charge in [0, 0.05) is 0 Å². The van der Waals surface area contributed by atoms with Crippen molar-refractivity contribution in [3.63, 3.8) is 0 Å². The van der Waals surface area contributed by atoms with Gasteiger partial charge in [-0.15, -0.1) is 10.2 Å². The maximum atomic E-state index is 5.25. The maximum absolute atomic E-state index is 5.25. The van der Waals surface area contributed by atoms with Crippen molar-refractivity contribution in [1.29, 1.82) is 0 Å². The van der Waals surface area contributed by atoms with Gasteiger partial charge in [0.2, 0.25) is 11.9 Å². The highest BCUT2D eigenvalue weighted by molar-refractivity contribution is 5.82. The summed E-state index contributed by atoms with van der Waals surface area (Å²) in [6.07, 6.45) is 2.69. The summed E-state index contributed by atoms with van der Waals surface area (Å²) >= 11 is 0. The van der Waals surface area contributed by atoms with Crippen molar-refractivity contribution >= 4 is 24.3 Å². The Balaban J connectivity index is 2.66. The molecule has 8 N–H and O–H groups in total. The minimum atomic E-state index is -0.137. The first-order chi connectivity index (χ1) is 8.08. The summed E-state index contributed by atoms with van der Waals surface area (Å²) in [5.41, 5.74) is 20.3. The molecule has 90 valence electrons. The van der Waals surface area contributed by atoms with Crippen LogP contribution in [0.25, 0.3) is 0 Å². The Morgan fingerprint density at radius 1 is 0.882 bits per heavy atom. The lowest BCUT2D eigenvalue weighted by atomic mass is 10.4. The molecule has 0 aromatic carbocycles. The fourth-order valence-corrected chi connectivity index (χ4v) is 0.812. The number of guanidine groups is 2. The Kier molecular flexibility index (Phi) is 4.25. The van der Waals surface area contributed by atoms with Gasteiger partial charge in [0.1, 0.15) is 11.5 Å². The lowest BCUT2D eigenvalue weighted by molar-refractivity contribution is 0.553. The standard InChI is InChI=1S/C8H12N8O/c9-7(10)15-13-3-5-1-2-6(17-5)4-14-16-8(11)12/h1-4H,(H4,9,10,15)(H4,11,12,16). The van der Waals surface area contributed by atoms with E-state index in [-0.39, 0.29) is 11.9 Å². The summed E-state index contributed by atoms with van der Waals surface area (Å²) in [7, 11) is 0. The maximum Gasteiger partial charge on any atom is 0.211 e. The highest BCUT2D eigenvalue weighted by Gasteiger charge is 1.96. The molecule has 9 nitrogen and oxygen atoms in total. The van der Waals surface area contributed by atoms with E-state index in [1.54, 1.807) is 12.1 Å². The Hall–Kier alpha value is -2.84. The molecule has 1 heterocycles. The van der Waals surface area contributed by atoms with Crippen LogP contribution in [0.2, 0.25) is 0 Å². The van der Waals surface area contributed by atoms with E-state index >= 15 is 0 Å². The van der Waals surface area contributed by atoms with Crippen LogP contribution in [0.3, 0.4) is 0 Å². The zero-order chi connectivity index (χ0) is 12.7. The normalized spacial score (nSPS) is 10.8. The van der Waals surface area contributed by atoms with Crippen LogP contribution in [0.1, 0.15) is 11.5 Å². The van der Waals surface area contributed by atoms with E-state index in [0.717, 1.165) is 0 Å². The predicted molar refractivity (Wildman–Crippen MR) is 65.5 cm³/mol. The Labute approximate surface area is 96.6 Å². The van der Waals surface area contributed by atoms with Gasteiger partial charge in [0.05, 0.1) is 12.4 Å². The number of furan rings is 1. The van der Waals surface area contributed by atoms with E-state index in [0.29, 0.717) is 11.5 Å². The second kappa shape index (κ2) is 5.90. The molecule has 0 fully saturated rings. The van der Waals surface area contributed by atoms with Crippen molar-refractivity contribution in [3.05, 3.63) is 23.7 Å². The molecule has 0 spiro atoms. The summed E-state index contributed by atoms with van der Waals surface area (Å²) in [5.74, 6) is 0.645. The fraction of sp³-hybridized carbons (Fsp3) is 0. The molecule has 0 amide bonds. The highest BCUT2D eigenvalue weighted by Crippen LogP contribution is 2.03. The first-order valence-electron chi connectivity index (χ1n) is 4.41. The van der Waals surface area contributed by atoms with Crippen molar-refractivity contribution in [1.82, 2.24) is 0 Å². The molecule has 0 aliphatic rings. The number of hydrogen-bond donors (Lipinski definition) is 4. The average Bonchev–Trinajstić information content (AvgIpc) is 2.65. The van der Waals surface area contributed by atoms with Crippen molar-refractivity contribution in [2.75, 3.05) is 0 Å². The minimum absolute atomic E-state index is 0.137. The van der Waals surface area contributed by atoms with Crippen LogP contribution in [0.4, 0.5) is 0 Å². The second-order valence-corrected chi connectivity index (χ2v) is 2.78. The molecule has 0 saturated heterocycles. The van der Waals surface area contributed by atoms with Gasteiger partial charge >= 0.3 is 0 Å². The van der Waals surface area contributed by atoms with Crippen molar-refractivity contribution in [3.8, 4) is 0 Å². The lowest BCUT2D eigenvalue weighted by Gasteiger charge is -1.85. The van der Waals surface area contributed by atoms with Crippen LogP contribution in [0.15, 0.2) is 37.0 Å². The predicted octanol–water partition coefficient (Wildman–Crippen LogP) is -1.51. The van der Waals surface area contributed by atoms with Crippen LogP contribution in [-0.2, 0) is 0 Å². The number of nitrogens with two attached hydrogens (primary N) is 4. The number of rotatable bonds is 4. The second-order valence-electron chi connectivity index (χ2n) is 2.78. The van der Waals surface area contributed by atoms with Gasteiger partial charge in [-0.1, -0.05) is 0 Å². The molecular weight excluding hydrogens is 224 g/mol. The molecule has 17 heavy (non-hydrogen) atoms. The summed E-state index contributed by atoms with van der Waals surface area (Å²) in [6.45, 7) is 0. The van der Waals surface area contributed by atoms with E-state index in [1.807, 2.05) is 0 Å². The number of hydrogen-bond acceptors (Lipinski definition) is 5. The molecule has 0 unspecified atom stereocenters. The third kappa shape index (κ3) is 4.97. The van der Waals surface area contributed by atoms with Gasteiger partial charge in [-0.2, -0.15) is 10.2 Å². The van der Waals surface area contributed by atoms with E-state index in [4.69, 9.17) is 27.4 Å². The first-order valence-corrected chi connectivity index (χ1v) is 4.41. The highest BCUT2D eigenvalue weighted by atomic mass is 16.3. The zero-order valence-corrected chi connectivity index (χ0v) is 8.82.